The Kier molecular flexibility index (Phi) is 5.40. The van der Waals surface area contributed by atoms with Crippen LogP contribution in [0, 0.1) is 0 Å². The summed E-state index contributed by atoms with van der Waals surface area (Å²) < 4.78 is 0. The number of carbonyl (C=O) groups is 1. The molecule has 0 unspecified atom stereocenters. The van der Waals surface area contributed by atoms with Gasteiger partial charge >= 0.3 is 0 Å². The first-order valence-electron chi connectivity index (χ1n) is 3.37. The number of nitrogens with one attached hydrogen (secondary N) is 1. The molecule has 1 radical (unpaired) electrons. The summed E-state index contributed by atoms with van der Waals surface area (Å²) in [6, 6.07) is -0.698. The van der Waals surface area contributed by atoms with Crippen molar-refractivity contribution in [2.75, 3.05) is 5.75 Å². The van der Waals surface area contributed by atoms with E-state index in [0.29, 0.717) is 0 Å². The standard InChI is InChI=1S/C7H11N2O2S/c1-2-5(3-10)9-7(11)6(8)4-12/h2,6,12H,4,8H2,1H3,(H,9,11)/b5-2-/t6-/m0/s1. The van der Waals surface area contributed by atoms with Gasteiger partial charge in [0.05, 0.1) is 11.7 Å². The van der Waals surface area contributed by atoms with Crippen LogP contribution in [0.15, 0.2) is 11.8 Å². The van der Waals surface area contributed by atoms with Crippen LogP contribution in [0.25, 0.3) is 0 Å². The van der Waals surface area contributed by atoms with Gasteiger partial charge in [-0.25, -0.2) is 0 Å². The molecule has 12 heavy (non-hydrogen) atoms. The van der Waals surface area contributed by atoms with E-state index in [1.54, 1.807) is 13.2 Å². The Morgan fingerprint density at radius 1 is 1.83 bits per heavy atom. The summed E-state index contributed by atoms with van der Waals surface area (Å²) in [7, 11) is 0. The van der Waals surface area contributed by atoms with E-state index in [4.69, 9.17) is 5.73 Å². The highest BCUT2D eigenvalue weighted by Crippen LogP contribution is 1.87. The summed E-state index contributed by atoms with van der Waals surface area (Å²) in [5.74, 6) is -0.191. The SMILES string of the molecule is C/C=C(/[C]=O)NC(=O)[C@@H](N)CS. The molecule has 4 nitrogen and oxygen atoms in total. The number of allylic oxidation sites excluding steroid dienone is 2. The zero-order chi connectivity index (χ0) is 9.56. The van der Waals surface area contributed by atoms with E-state index in [-0.39, 0.29) is 11.4 Å². The molecule has 0 saturated carbocycles. The van der Waals surface area contributed by atoms with Gasteiger partial charge in [0.2, 0.25) is 5.91 Å². The second-order valence-corrected chi connectivity index (χ2v) is 2.45. The molecule has 1 atom stereocenters. The number of carbonyl (C=O) groups excluding carboxylic acids is 2. The van der Waals surface area contributed by atoms with Crippen LogP contribution in [0.4, 0.5) is 0 Å². The molecule has 0 aliphatic rings. The van der Waals surface area contributed by atoms with E-state index in [2.05, 4.69) is 17.9 Å². The molecule has 0 spiro atoms. The third-order valence-corrected chi connectivity index (χ3v) is 1.58. The molecule has 0 saturated heterocycles. The second kappa shape index (κ2) is 5.79. The summed E-state index contributed by atoms with van der Waals surface area (Å²) in [6.07, 6.45) is 3.00. The van der Waals surface area contributed by atoms with Crippen molar-refractivity contribution in [3.05, 3.63) is 11.8 Å². The predicted molar refractivity (Wildman–Crippen MR) is 49.4 cm³/mol. The largest absolute Gasteiger partial charge is 0.322 e. The topological polar surface area (TPSA) is 72.2 Å². The summed E-state index contributed by atoms with van der Waals surface area (Å²) >= 11 is 3.83. The van der Waals surface area contributed by atoms with Gasteiger partial charge in [-0.05, 0) is 6.92 Å². The van der Waals surface area contributed by atoms with Crippen molar-refractivity contribution in [3.63, 3.8) is 0 Å². The quantitative estimate of drug-likeness (QED) is 0.405. The Balaban J connectivity index is 4.08. The van der Waals surface area contributed by atoms with Crippen molar-refractivity contribution in [3.8, 4) is 0 Å². The highest BCUT2D eigenvalue weighted by Gasteiger charge is 2.11. The molecular formula is C7H11N2O2S. The summed E-state index contributed by atoms with van der Waals surface area (Å²) in [5, 5.41) is 2.29. The highest BCUT2D eigenvalue weighted by molar-refractivity contribution is 7.80. The third-order valence-electron chi connectivity index (χ3n) is 1.19. The van der Waals surface area contributed by atoms with Crippen molar-refractivity contribution < 1.29 is 9.59 Å². The monoisotopic (exact) mass is 187 g/mol. The van der Waals surface area contributed by atoms with E-state index in [1.807, 2.05) is 0 Å². The van der Waals surface area contributed by atoms with Gasteiger partial charge in [0.25, 0.3) is 6.29 Å². The Morgan fingerprint density at radius 3 is 2.75 bits per heavy atom. The number of thiol groups is 1. The maximum absolute atomic E-state index is 11.0. The van der Waals surface area contributed by atoms with Gasteiger partial charge in [0.15, 0.2) is 0 Å². The Morgan fingerprint density at radius 2 is 2.42 bits per heavy atom. The number of hydrogen-bond donors (Lipinski definition) is 3. The van der Waals surface area contributed by atoms with Crippen LogP contribution in [0.1, 0.15) is 6.92 Å². The first-order chi connectivity index (χ1) is 5.65. The van der Waals surface area contributed by atoms with Gasteiger partial charge in [-0.15, -0.1) is 0 Å². The van der Waals surface area contributed by atoms with Crippen molar-refractivity contribution in [1.82, 2.24) is 5.32 Å². The van der Waals surface area contributed by atoms with Crippen LogP contribution in [-0.2, 0) is 9.59 Å². The fourth-order valence-corrected chi connectivity index (χ4v) is 0.631. The fourth-order valence-electron chi connectivity index (χ4n) is 0.465. The van der Waals surface area contributed by atoms with Crippen LogP contribution in [0.2, 0.25) is 0 Å². The van der Waals surface area contributed by atoms with Gasteiger partial charge in [0, 0.05) is 5.75 Å². The minimum absolute atomic E-state index is 0.0947. The fraction of sp³-hybridized carbons (Fsp3) is 0.429. The number of hydrogen-bond acceptors (Lipinski definition) is 4. The number of amides is 1. The Hall–Kier alpha value is -0.810. The molecule has 0 fully saturated rings. The van der Waals surface area contributed by atoms with Crippen LogP contribution >= 0.6 is 12.6 Å². The van der Waals surface area contributed by atoms with Gasteiger partial charge in [-0.3, -0.25) is 9.59 Å². The summed E-state index contributed by atoms with van der Waals surface area (Å²) in [6.45, 7) is 1.62. The van der Waals surface area contributed by atoms with Gasteiger partial charge in [0.1, 0.15) is 0 Å². The lowest BCUT2D eigenvalue weighted by atomic mass is 10.3. The van der Waals surface area contributed by atoms with Crippen molar-refractivity contribution in [1.29, 1.82) is 0 Å². The minimum atomic E-state index is -0.698. The zero-order valence-corrected chi connectivity index (χ0v) is 7.60. The molecular weight excluding hydrogens is 176 g/mol. The Bertz CT molecular complexity index is 204. The van der Waals surface area contributed by atoms with E-state index < -0.39 is 11.9 Å². The normalized spacial score (nSPS) is 13.8. The highest BCUT2D eigenvalue weighted by atomic mass is 32.1. The zero-order valence-electron chi connectivity index (χ0n) is 6.70. The molecule has 0 aromatic rings. The average molecular weight is 187 g/mol. The minimum Gasteiger partial charge on any atom is -0.322 e. The van der Waals surface area contributed by atoms with Crippen molar-refractivity contribution in [2.45, 2.75) is 13.0 Å². The summed E-state index contributed by atoms with van der Waals surface area (Å²) in [4.78, 5) is 21.1. The molecule has 0 aromatic carbocycles. The molecule has 1 amide bonds. The third kappa shape index (κ3) is 3.54. The molecule has 0 aromatic heterocycles. The van der Waals surface area contributed by atoms with Crippen LogP contribution in [0.5, 0.6) is 0 Å². The van der Waals surface area contributed by atoms with Gasteiger partial charge < -0.3 is 11.1 Å². The summed E-state index contributed by atoms with van der Waals surface area (Å²) in [5.41, 5.74) is 5.42. The molecule has 5 heteroatoms. The molecule has 0 aliphatic heterocycles. The smallest absolute Gasteiger partial charge is 0.250 e. The van der Waals surface area contributed by atoms with E-state index >= 15 is 0 Å². The lowest BCUT2D eigenvalue weighted by Gasteiger charge is -2.07. The molecule has 3 N–H and O–H groups in total. The van der Waals surface area contributed by atoms with E-state index in [0.717, 1.165) is 0 Å². The lowest BCUT2D eigenvalue weighted by Crippen LogP contribution is -2.41. The van der Waals surface area contributed by atoms with Crippen LogP contribution < -0.4 is 11.1 Å². The van der Waals surface area contributed by atoms with Crippen LogP contribution in [-0.4, -0.2) is 24.0 Å². The number of nitrogens with two attached hydrogens (primary N) is 1. The lowest BCUT2D eigenvalue weighted by molar-refractivity contribution is -0.121. The molecule has 0 bridgehead atoms. The van der Waals surface area contributed by atoms with Crippen molar-refractivity contribution >= 4 is 24.8 Å². The predicted octanol–water partition coefficient (Wildman–Crippen LogP) is -0.627. The molecule has 0 rings (SSSR count). The first-order valence-corrected chi connectivity index (χ1v) is 4.00. The van der Waals surface area contributed by atoms with Gasteiger partial charge in [-0.1, -0.05) is 6.08 Å². The van der Waals surface area contributed by atoms with Gasteiger partial charge in [-0.2, -0.15) is 12.6 Å². The maximum atomic E-state index is 11.0. The first kappa shape index (κ1) is 11.2. The van der Waals surface area contributed by atoms with Crippen molar-refractivity contribution in [2.24, 2.45) is 5.73 Å². The second-order valence-electron chi connectivity index (χ2n) is 2.08. The number of rotatable bonds is 4. The van der Waals surface area contributed by atoms with Crippen LogP contribution in [0.3, 0.4) is 0 Å². The van der Waals surface area contributed by atoms with E-state index in [1.165, 1.54) is 6.08 Å². The molecule has 0 heterocycles. The van der Waals surface area contributed by atoms with E-state index in [9.17, 15) is 9.59 Å². The maximum Gasteiger partial charge on any atom is 0.250 e. The Labute approximate surface area is 76.6 Å². The average Bonchev–Trinajstić information content (AvgIpc) is 2.12. The molecule has 0 aliphatic carbocycles. The molecule has 67 valence electrons.